The lowest BCUT2D eigenvalue weighted by Gasteiger charge is -2.10. The minimum Gasteiger partial charge on any atom is -0.187 e. The van der Waals surface area contributed by atoms with Crippen molar-refractivity contribution >= 4 is 11.8 Å². The highest BCUT2D eigenvalue weighted by molar-refractivity contribution is 7.99. The molecular weight excluding hydrogens is 268 g/mol. The molecule has 0 aliphatic carbocycles. The molecule has 1 aromatic heterocycles. The third kappa shape index (κ3) is 2.72. The molecule has 3 rings (SSSR count). The van der Waals surface area contributed by atoms with Crippen molar-refractivity contribution in [2.45, 2.75) is 17.3 Å². The molecule has 0 aliphatic heterocycles. The molecule has 4 nitrogen and oxygen atoms in total. The molecule has 1 unspecified atom stereocenters. The SMILES string of the molecule is CC(Sc1nnnn1-c1ccccc1)c1ccccc1. The lowest BCUT2D eigenvalue weighted by Crippen LogP contribution is -1.99. The highest BCUT2D eigenvalue weighted by atomic mass is 32.2. The topological polar surface area (TPSA) is 43.6 Å². The van der Waals surface area contributed by atoms with E-state index in [1.54, 1.807) is 16.4 Å². The van der Waals surface area contributed by atoms with Crippen molar-refractivity contribution in [1.82, 2.24) is 20.2 Å². The molecule has 2 aromatic carbocycles. The van der Waals surface area contributed by atoms with Gasteiger partial charge in [-0.15, -0.1) is 5.10 Å². The Morgan fingerprint density at radius 3 is 2.30 bits per heavy atom. The van der Waals surface area contributed by atoms with Crippen LogP contribution in [-0.2, 0) is 0 Å². The van der Waals surface area contributed by atoms with Crippen molar-refractivity contribution in [2.75, 3.05) is 0 Å². The number of aromatic nitrogens is 4. The van der Waals surface area contributed by atoms with E-state index < -0.39 is 0 Å². The summed E-state index contributed by atoms with van der Waals surface area (Å²) in [5.41, 5.74) is 2.24. The van der Waals surface area contributed by atoms with Gasteiger partial charge in [-0.05, 0) is 35.0 Å². The van der Waals surface area contributed by atoms with Gasteiger partial charge < -0.3 is 0 Å². The number of tetrazole rings is 1. The summed E-state index contributed by atoms with van der Waals surface area (Å²) < 4.78 is 1.77. The van der Waals surface area contributed by atoms with Gasteiger partial charge in [0.25, 0.3) is 0 Å². The lowest BCUT2D eigenvalue weighted by molar-refractivity contribution is 0.755. The fraction of sp³-hybridized carbons (Fsp3) is 0.133. The Bertz CT molecular complexity index is 667. The average Bonchev–Trinajstić information content (AvgIpc) is 2.97. The predicted octanol–water partition coefficient (Wildman–Crippen LogP) is 3.52. The van der Waals surface area contributed by atoms with Gasteiger partial charge in [-0.25, -0.2) is 0 Å². The number of hydrogen-bond donors (Lipinski definition) is 0. The van der Waals surface area contributed by atoms with Gasteiger partial charge in [0.2, 0.25) is 5.16 Å². The minimum atomic E-state index is 0.296. The molecule has 0 fully saturated rings. The first-order valence-electron chi connectivity index (χ1n) is 6.40. The van der Waals surface area contributed by atoms with Crippen LogP contribution in [0.1, 0.15) is 17.7 Å². The molecular formula is C15H14N4S. The molecule has 1 atom stereocenters. The molecule has 100 valence electrons. The number of thioether (sulfide) groups is 1. The molecule has 3 aromatic rings. The highest BCUT2D eigenvalue weighted by Gasteiger charge is 2.14. The summed E-state index contributed by atoms with van der Waals surface area (Å²) in [5.74, 6) is 0. The van der Waals surface area contributed by atoms with Crippen LogP contribution in [0, 0.1) is 0 Å². The molecule has 0 saturated heterocycles. The molecule has 0 aliphatic rings. The van der Waals surface area contributed by atoms with Gasteiger partial charge in [-0.2, -0.15) is 4.68 Å². The first kappa shape index (κ1) is 12.9. The molecule has 0 saturated carbocycles. The van der Waals surface area contributed by atoms with Crippen LogP contribution < -0.4 is 0 Å². The molecule has 20 heavy (non-hydrogen) atoms. The van der Waals surface area contributed by atoms with Crippen LogP contribution in [-0.4, -0.2) is 20.2 Å². The Morgan fingerprint density at radius 1 is 0.950 bits per heavy atom. The number of hydrogen-bond acceptors (Lipinski definition) is 4. The normalized spacial score (nSPS) is 12.2. The zero-order valence-corrected chi connectivity index (χ0v) is 11.9. The van der Waals surface area contributed by atoms with E-state index >= 15 is 0 Å². The summed E-state index contributed by atoms with van der Waals surface area (Å²) >= 11 is 1.65. The molecule has 1 heterocycles. The second kappa shape index (κ2) is 5.88. The van der Waals surface area contributed by atoms with E-state index in [0.717, 1.165) is 10.8 Å². The molecule has 0 N–H and O–H groups in total. The third-order valence-electron chi connectivity index (χ3n) is 2.99. The molecule has 0 spiro atoms. The Labute approximate surface area is 121 Å². The van der Waals surface area contributed by atoms with E-state index in [4.69, 9.17) is 0 Å². The molecule has 0 amide bonds. The first-order valence-corrected chi connectivity index (χ1v) is 7.28. The van der Waals surface area contributed by atoms with Gasteiger partial charge in [-0.3, -0.25) is 0 Å². The summed E-state index contributed by atoms with van der Waals surface area (Å²) in [6, 6.07) is 20.3. The van der Waals surface area contributed by atoms with Gasteiger partial charge >= 0.3 is 0 Å². The summed E-state index contributed by atoms with van der Waals surface area (Å²) in [5, 5.41) is 13.1. The van der Waals surface area contributed by atoms with E-state index in [1.165, 1.54) is 5.56 Å². The summed E-state index contributed by atoms with van der Waals surface area (Å²) in [6.07, 6.45) is 0. The maximum Gasteiger partial charge on any atom is 0.214 e. The van der Waals surface area contributed by atoms with Crippen molar-refractivity contribution in [1.29, 1.82) is 0 Å². The second-order valence-corrected chi connectivity index (χ2v) is 5.69. The summed E-state index contributed by atoms with van der Waals surface area (Å²) in [4.78, 5) is 0. The standard InChI is InChI=1S/C15H14N4S/c1-12(13-8-4-2-5-9-13)20-15-16-17-18-19(15)14-10-6-3-7-11-14/h2-12H,1H3. The lowest BCUT2D eigenvalue weighted by atomic mass is 10.2. The quantitative estimate of drug-likeness (QED) is 0.687. The fourth-order valence-corrected chi connectivity index (χ4v) is 2.87. The van der Waals surface area contributed by atoms with Gasteiger partial charge in [0.05, 0.1) is 5.69 Å². The largest absolute Gasteiger partial charge is 0.214 e. The number of nitrogens with zero attached hydrogens (tertiary/aromatic N) is 4. The summed E-state index contributed by atoms with van der Waals surface area (Å²) in [6.45, 7) is 2.16. The number of benzene rings is 2. The number of rotatable bonds is 4. The van der Waals surface area contributed by atoms with Crippen molar-refractivity contribution < 1.29 is 0 Å². The molecule has 0 radical (unpaired) electrons. The van der Waals surface area contributed by atoms with Crippen LogP contribution in [0.25, 0.3) is 5.69 Å². The van der Waals surface area contributed by atoms with Gasteiger partial charge in [0, 0.05) is 5.25 Å². The van der Waals surface area contributed by atoms with Crippen LogP contribution >= 0.6 is 11.8 Å². The third-order valence-corrected chi connectivity index (χ3v) is 4.08. The summed E-state index contributed by atoms with van der Waals surface area (Å²) in [7, 11) is 0. The van der Waals surface area contributed by atoms with Crippen LogP contribution in [0.2, 0.25) is 0 Å². The minimum absolute atomic E-state index is 0.296. The zero-order chi connectivity index (χ0) is 13.8. The molecule has 0 bridgehead atoms. The van der Waals surface area contributed by atoms with Crippen molar-refractivity contribution in [3.05, 3.63) is 66.2 Å². The van der Waals surface area contributed by atoms with Crippen LogP contribution in [0.5, 0.6) is 0 Å². The first-order chi connectivity index (χ1) is 9.84. The monoisotopic (exact) mass is 282 g/mol. The Morgan fingerprint density at radius 2 is 1.60 bits per heavy atom. The molecule has 5 heteroatoms. The average molecular weight is 282 g/mol. The van der Waals surface area contributed by atoms with E-state index in [1.807, 2.05) is 48.5 Å². The smallest absolute Gasteiger partial charge is 0.187 e. The van der Waals surface area contributed by atoms with Crippen LogP contribution in [0.3, 0.4) is 0 Å². The van der Waals surface area contributed by atoms with Crippen molar-refractivity contribution in [3.63, 3.8) is 0 Å². The van der Waals surface area contributed by atoms with Crippen molar-refractivity contribution in [2.24, 2.45) is 0 Å². The number of para-hydroxylation sites is 1. The van der Waals surface area contributed by atoms with Crippen LogP contribution in [0.15, 0.2) is 65.8 Å². The van der Waals surface area contributed by atoms with Gasteiger partial charge in [0.15, 0.2) is 0 Å². The highest BCUT2D eigenvalue weighted by Crippen LogP contribution is 2.33. The maximum atomic E-state index is 4.12. The Kier molecular flexibility index (Phi) is 3.78. The zero-order valence-electron chi connectivity index (χ0n) is 11.0. The van der Waals surface area contributed by atoms with E-state index in [-0.39, 0.29) is 0 Å². The Balaban J connectivity index is 1.84. The maximum absolute atomic E-state index is 4.12. The Hall–Kier alpha value is -2.14. The second-order valence-electron chi connectivity index (χ2n) is 4.38. The van der Waals surface area contributed by atoms with Gasteiger partial charge in [0.1, 0.15) is 0 Å². The predicted molar refractivity (Wildman–Crippen MR) is 79.9 cm³/mol. The van der Waals surface area contributed by atoms with E-state index in [2.05, 4.69) is 34.6 Å². The van der Waals surface area contributed by atoms with E-state index in [0.29, 0.717) is 5.25 Å². The van der Waals surface area contributed by atoms with Crippen LogP contribution in [0.4, 0.5) is 0 Å². The van der Waals surface area contributed by atoms with E-state index in [9.17, 15) is 0 Å². The van der Waals surface area contributed by atoms with Crippen molar-refractivity contribution in [3.8, 4) is 5.69 Å². The fourth-order valence-electron chi connectivity index (χ4n) is 1.93. The van der Waals surface area contributed by atoms with Gasteiger partial charge in [-0.1, -0.05) is 60.3 Å².